The molecule has 0 radical (unpaired) electrons. The third kappa shape index (κ3) is 5.97. The summed E-state index contributed by atoms with van der Waals surface area (Å²) in [6.45, 7) is 8.57. The van der Waals surface area contributed by atoms with Crippen molar-refractivity contribution < 1.29 is 14.3 Å². The van der Waals surface area contributed by atoms with Crippen LogP contribution in [0.5, 0.6) is 11.5 Å². The van der Waals surface area contributed by atoms with Crippen LogP contribution in [0, 0.1) is 11.3 Å². The zero-order chi connectivity index (χ0) is 22.4. The Kier molecular flexibility index (Phi) is 7.55. The van der Waals surface area contributed by atoms with Crippen molar-refractivity contribution in [3.8, 4) is 11.5 Å². The van der Waals surface area contributed by atoms with E-state index in [0.717, 1.165) is 55.2 Å². The summed E-state index contributed by atoms with van der Waals surface area (Å²) in [7, 11) is 3.38. The van der Waals surface area contributed by atoms with E-state index in [1.165, 1.54) is 0 Å². The number of aromatic nitrogens is 1. The second kappa shape index (κ2) is 10.1. The quantitative estimate of drug-likeness (QED) is 0.720. The van der Waals surface area contributed by atoms with Crippen molar-refractivity contribution in [3.63, 3.8) is 0 Å². The van der Waals surface area contributed by atoms with Crippen molar-refractivity contribution in [1.82, 2.24) is 15.2 Å². The predicted molar refractivity (Wildman–Crippen MR) is 122 cm³/mol. The average Bonchev–Trinajstić information content (AvgIpc) is 2.78. The largest absolute Gasteiger partial charge is 0.497 e. The minimum absolute atomic E-state index is 0.0618. The highest BCUT2D eigenvalue weighted by atomic mass is 16.5. The van der Waals surface area contributed by atoms with Crippen LogP contribution >= 0.6 is 0 Å². The summed E-state index contributed by atoms with van der Waals surface area (Å²) in [5.74, 6) is 2.13. The van der Waals surface area contributed by atoms with E-state index in [1.807, 2.05) is 57.2 Å². The van der Waals surface area contributed by atoms with E-state index >= 15 is 0 Å². The Labute approximate surface area is 186 Å². The summed E-state index contributed by atoms with van der Waals surface area (Å²) in [6.07, 6.45) is 3.80. The Morgan fingerprint density at radius 3 is 2.48 bits per heavy atom. The van der Waals surface area contributed by atoms with E-state index in [2.05, 4.69) is 15.2 Å². The molecule has 0 spiro atoms. The molecule has 6 heteroatoms. The van der Waals surface area contributed by atoms with Crippen LogP contribution in [0.3, 0.4) is 0 Å². The first-order chi connectivity index (χ1) is 14.8. The zero-order valence-electron chi connectivity index (χ0n) is 19.4. The molecule has 1 N–H and O–H groups in total. The molecule has 1 aliphatic rings. The van der Waals surface area contributed by atoms with Gasteiger partial charge < -0.3 is 14.8 Å². The molecule has 3 rings (SSSR count). The number of piperidine rings is 1. The van der Waals surface area contributed by atoms with Gasteiger partial charge in [-0.05, 0) is 62.2 Å². The molecule has 31 heavy (non-hydrogen) atoms. The van der Waals surface area contributed by atoms with Crippen LogP contribution in [0.25, 0.3) is 0 Å². The number of benzene rings is 1. The Bertz CT molecular complexity index is 856. The third-order valence-corrected chi connectivity index (χ3v) is 5.96. The number of ether oxygens (including phenoxy) is 2. The van der Waals surface area contributed by atoms with Gasteiger partial charge in [0.05, 0.1) is 26.0 Å². The Morgan fingerprint density at radius 2 is 1.90 bits per heavy atom. The molecule has 0 unspecified atom stereocenters. The smallest absolute Gasteiger partial charge is 0.225 e. The Balaban J connectivity index is 1.69. The van der Waals surface area contributed by atoms with Gasteiger partial charge >= 0.3 is 0 Å². The van der Waals surface area contributed by atoms with E-state index in [4.69, 9.17) is 9.47 Å². The normalized spacial score (nSPS) is 16.5. The van der Waals surface area contributed by atoms with Gasteiger partial charge in [0, 0.05) is 23.7 Å². The van der Waals surface area contributed by atoms with Crippen molar-refractivity contribution >= 4 is 5.91 Å². The first kappa shape index (κ1) is 23.1. The monoisotopic (exact) mass is 425 g/mol. The highest BCUT2D eigenvalue weighted by Crippen LogP contribution is 2.33. The van der Waals surface area contributed by atoms with Gasteiger partial charge in [-0.15, -0.1) is 0 Å². The van der Waals surface area contributed by atoms with Crippen LogP contribution in [0.15, 0.2) is 42.6 Å². The molecule has 1 fully saturated rings. The molecule has 1 aromatic heterocycles. The first-order valence-corrected chi connectivity index (χ1v) is 11.0. The fourth-order valence-electron chi connectivity index (χ4n) is 4.04. The predicted octanol–water partition coefficient (Wildman–Crippen LogP) is 4.21. The molecular weight excluding hydrogens is 390 g/mol. The van der Waals surface area contributed by atoms with Gasteiger partial charge in [-0.2, -0.15) is 0 Å². The molecule has 0 saturated carbocycles. The number of carbonyl (C=O) groups is 1. The Morgan fingerprint density at radius 1 is 1.16 bits per heavy atom. The van der Waals surface area contributed by atoms with Gasteiger partial charge in [-0.25, -0.2) is 0 Å². The first-order valence-electron chi connectivity index (χ1n) is 11.0. The van der Waals surface area contributed by atoms with Gasteiger partial charge in [-0.1, -0.05) is 26.8 Å². The highest BCUT2D eigenvalue weighted by Gasteiger charge is 2.32. The van der Waals surface area contributed by atoms with Gasteiger partial charge in [0.2, 0.25) is 5.91 Å². The summed E-state index contributed by atoms with van der Waals surface area (Å²) in [4.78, 5) is 19.8. The summed E-state index contributed by atoms with van der Waals surface area (Å²) in [5.41, 5.74) is 1.63. The lowest BCUT2D eigenvalue weighted by molar-refractivity contribution is -0.129. The van der Waals surface area contributed by atoms with Gasteiger partial charge in [0.15, 0.2) is 0 Å². The second-order valence-corrected chi connectivity index (χ2v) is 9.25. The molecule has 2 aromatic rings. The molecule has 168 valence electrons. The molecule has 0 bridgehead atoms. The van der Waals surface area contributed by atoms with Crippen molar-refractivity contribution in [2.75, 3.05) is 27.3 Å². The molecule has 6 nitrogen and oxygen atoms in total. The number of rotatable bonds is 7. The second-order valence-electron chi connectivity index (χ2n) is 9.25. The van der Waals surface area contributed by atoms with Crippen LogP contribution in [0.2, 0.25) is 0 Å². The molecule has 1 amide bonds. The molecule has 1 aromatic carbocycles. The lowest BCUT2D eigenvalue weighted by Gasteiger charge is -2.37. The number of likely N-dealkylation sites (tertiary alicyclic amines) is 1. The molecule has 2 heterocycles. The topological polar surface area (TPSA) is 63.7 Å². The number of hydrogen-bond donors (Lipinski definition) is 1. The minimum atomic E-state index is -0.434. The number of hydrogen-bond acceptors (Lipinski definition) is 5. The summed E-state index contributed by atoms with van der Waals surface area (Å²) in [5, 5.41) is 3.28. The minimum Gasteiger partial charge on any atom is -0.497 e. The van der Waals surface area contributed by atoms with Crippen LogP contribution < -0.4 is 14.8 Å². The van der Waals surface area contributed by atoms with Crippen molar-refractivity contribution in [2.45, 2.75) is 46.2 Å². The van der Waals surface area contributed by atoms with E-state index in [0.29, 0.717) is 5.92 Å². The SMILES string of the molecule is COc1ccc(OC)c(CN2CCC([C@H](NC(=O)C(C)(C)C)c3ccccn3)CC2)c1. The standard InChI is InChI=1S/C25H35N3O3/c1-25(2,3)24(29)27-23(21-8-6-7-13-26-21)18-11-14-28(15-12-18)17-19-16-20(30-4)9-10-22(19)31-5/h6-10,13,16,18,23H,11-12,14-15,17H2,1-5H3,(H,27,29)/t23-/m0/s1. The maximum Gasteiger partial charge on any atom is 0.225 e. The number of methoxy groups -OCH3 is 2. The van der Waals surface area contributed by atoms with Crippen LogP contribution in [0.1, 0.15) is 50.9 Å². The van der Waals surface area contributed by atoms with Gasteiger partial charge in [0.25, 0.3) is 0 Å². The van der Waals surface area contributed by atoms with Gasteiger partial charge in [-0.3, -0.25) is 14.7 Å². The number of nitrogens with zero attached hydrogens (tertiary/aromatic N) is 2. The third-order valence-electron chi connectivity index (χ3n) is 5.96. The molecule has 1 atom stereocenters. The van der Waals surface area contributed by atoms with Crippen molar-refractivity contribution in [1.29, 1.82) is 0 Å². The summed E-state index contributed by atoms with van der Waals surface area (Å²) in [6, 6.07) is 11.8. The molecule has 0 aliphatic carbocycles. The lowest BCUT2D eigenvalue weighted by Crippen LogP contribution is -2.44. The van der Waals surface area contributed by atoms with Crippen molar-refractivity contribution in [3.05, 3.63) is 53.9 Å². The van der Waals surface area contributed by atoms with Crippen LogP contribution in [-0.2, 0) is 11.3 Å². The average molecular weight is 426 g/mol. The summed E-state index contributed by atoms with van der Waals surface area (Å²) < 4.78 is 10.9. The lowest BCUT2D eigenvalue weighted by atomic mass is 9.85. The van der Waals surface area contributed by atoms with Gasteiger partial charge in [0.1, 0.15) is 11.5 Å². The molecular formula is C25H35N3O3. The fraction of sp³-hybridized carbons (Fsp3) is 0.520. The number of nitrogens with one attached hydrogen (secondary N) is 1. The van der Waals surface area contributed by atoms with E-state index < -0.39 is 5.41 Å². The number of carbonyl (C=O) groups excluding carboxylic acids is 1. The highest BCUT2D eigenvalue weighted by molar-refractivity contribution is 5.81. The number of pyridine rings is 1. The Hall–Kier alpha value is -2.60. The van der Waals surface area contributed by atoms with E-state index in [9.17, 15) is 4.79 Å². The summed E-state index contributed by atoms with van der Waals surface area (Å²) >= 11 is 0. The fourth-order valence-corrected chi connectivity index (χ4v) is 4.04. The number of amides is 1. The molecule has 1 saturated heterocycles. The van der Waals surface area contributed by atoms with E-state index in [1.54, 1.807) is 20.4 Å². The zero-order valence-corrected chi connectivity index (χ0v) is 19.4. The van der Waals surface area contributed by atoms with Crippen LogP contribution in [0.4, 0.5) is 0 Å². The van der Waals surface area contributed by atoms with Crippen molar-refractivity contribution in [2.24, 2.45) is 11.3 Å². The van der Waals surface area contributed by atoms with E-state index in [-0.39, 0.29) is 11.9 Å². The van der Waals surface area contributed by atoms with Crippen LogP contribution in [-0.4, -0.2) is 43.1 Å². The maximum absolute atomic E-state index is 12.8. The molecule has 1 aliphatic heterocycles. The maximum atomic E-state index is 12.8.